The number of carbonyl (C=O) groups excluding carboxylic acids is 3. The van der Waals surface area contributed by atoms with E-state index in [-0.39, 0.29) is 37.1 Å². The highest BCUT2D eigenvalue weighted by Gasteiger charge is 2.36. The van der Waals surface area contributed by atoms with Crippen molar-refractivity contribution in [1.82, 2.24) is 15.0 Å². The second-order valence-corrected chi connectivity index (χ2v) is 18.7. The largest absolute Gasteiger partial charge is 0.466 e. The number of aliphatic hydroxyl groups is 1. The number of Topliss-reactive ketones (excluding diaryl/α,β-unsaturated/α-hetero) is 1. The number of aromatic nitrogens is 3. The Bertz CT molecular complexity index is 3770. The molecular weight excluding hydrogens is 1040 g/mol. The van der Waals surface area contributed by atoms with E-state index >= 15 is 0 Å². The Morgan fingerprint density at radius 1 is 0.598 bits per heavy atom. The van der Waals surface area contributed by atoms with Gasteiger partial charge >= 0.3 is 5.97 Å². The molecule has 0 spiro atoms. The Labute approximate surface area is 474 Å². The molecule has 3 saturated heterocycles. The van der Waals surface area contributed by atoms with Crippen LogP contribution in [-0.2, 0) is 30.3 Å². The van der Waals surface area contributed by atoms with Crippen LogP contribution in [0.2, 0.25) is 0 Å². The van der Waals surface area contributed by atoms with Crippen LogP contribution in [0.25, 0.3) is 32.7 Å². The summed E-state index contributed by atoms with van der Waals surface area (Å²) in [6, 6.07) is 61.4. The first-order valence-electron chi connectivity index (χ1n) is 26.6. The van der Waals surface area contributed by atoms with Gasteiger partial charge in [-0.1, -0.05) is 97.1 Å². The number of fused-ring (bicyclic) bond motifs is 3. The number of cyclic esters (lactones) is 1. The zero-order valence-electron chi connectivity index (χ0n) is 44.8. The zero-order chi connectivity index (χ0) is 57.5. The molecule has 3 unspecified atom stereocenters. The molecule has 412 valence electrons. The summed E-state index contributed by atoms with van der Waals surface area (Å²) in [5.74, 6) is 0.596. The molecule has 3 aliphatic heterocycles. The highest BCUT2D eigenvalue weighted by Crippen LogP contribution is 2.28. The summed E-state index contributed by atoms with van der Waals surface area (Å²) < 4.78 is 26.9. The van der Waals surface area contributed by atoms with Crippen LogP contribution < -0.4 is 24.8 Å². The fourth-order valence-electron chi connectivity index (χ4n) is 8.76. The van der Waals surface area contributed by atoms with Gasteiger partial charge in [0.1, 0.15) is 12.1 Å². The number of amides is 1. The topological polar surface area (TPSA) is 257 Å². The third-order valence-electron chi connectivity index (χ3n) is 13.0. The predicted octanol–water partition coefficient (Wildman–Crippen LogP) is 10.2. The molecule has 3 fully saturated rings. The van der Waals surface area contributed by atoms with Crippen LogP contribution in [-0.4, -0.2) is 89.0 Å². The van der Waals surface area contributed by atoms with Gasteiger partial charge in [0.2, 0.25) is 23.7 Å². The summed E-state index contributed by atoms with van der Waals surface area (Å²) in [7, 11) is 0. The van der Waals surface area contributed by atoms with Crippen molar-refractivity contribution in [3.8, 4) is 35.8 Å². The molecule has 12 rings (SSSR count). The summed E-state index contributed by atoms with van der Waals surface area (Å²) in [4.78, 5) is 51.5. The van der Waals surface area contributed by atoms with Crippen molar-refractivity contribution >= 4 is 61.7 Å². The molecule has 17 heteroatoms. The summed E-state index contributed by atoms with van der Waals surface area (Å²) in [6.07, 6.45) is 2.04. The summed E-state index contributed by atoms with van der Waals surface area (Å²) in [5.41, 5.74) is 11.2. The molecule has 6 aromatic carbocycles. The van der Waals surface area contributed by atoms with Crippen molar-refractivity contribution in [3.05, 3.63) is 204 Å². The number of ketones is 1. The van der Waals surface area contributed by atoms with Crippen molar-refractivity contribution in [2.45, 2.75) is 56.8 Å². The van der Waals surface area contributed by atoms with Crippen LogP contribution in [0.5, 0.6) is 17.6 Å². The Morgan fingerprint density at radius 3 is 1.62 bits per heavy atom. The summed E-state index contributed by atoms with van der Waals surface area (Å²) >= 11 is 0. The molecule has 1 amide bonds. The summed E-state index contributed by atoms with van der Waals surface area (Å²) in [5, 5.41) is 39.1. The highest BCUT2D eigenvalue weighted by molar-refractivity contribution is 6.00. The van der Waals surface area contributed by atoms with Crippen LogP contribution in [0, 0.1) is 34.0 Å². The van der Waals surface area contributed by atoms with Crippen LogP contribution >= 0.6 is 0 Å². The number of benzene rings is 6. The number of nitriles is 3. The highest BCUT2D eigenvalue weighted by atomic mass is 16.6. The van der Waals surface area contributed by atoms with Crippen LogP contribution in [0.1, 0.15) is 54.4 Å². The van der Waals surface area contributed by atoms with Crippen LogP contribution in [0.4, 0.5) is 11.4 Å². The Balaban J connectivity index is 0.000000146. The number of aliphatic hydroxyl groups excluding tert-OH is 1. The molecule has 0 saturated carbocycles. The third-order valence-corrected chi connectivity index (χ3v) is 13.0. The molecule has 3 aromatic heterocycles. The predicted molar refractivity (Wildman–Crippen MR) is 309 cm³/mol. The summed E-state index contributed by atoms with van der Waals surface area (Å²) in [6.45, 7) is 2.77. The molecule has 0 bridgehead atoms. The van der Waals surface area contributed by atoms with Crippen LogP contribution in [0.3, 0.4) is 0 Å². The number of nitrogens with zero attached hydrogens (tertiary/aromatic N) is 7. The van der Waals surface area contributed by atoms with Gasteiger partial charge in [-0.3, -0.25) is 9.59 Å². The number of ether oxygens (including phenoxy) is 5. The van der Waals surface area contributed by atoms with Crippen LogP contribution in [0.15, 0.2) is 182 Å². The smallest absolute Gasteiger partial charge is 0.347 e. The molecule has 82 heavy (non-hydrogen) atoms. The number of pyridine rings is 3. The van der Waals surface area contributed by atoms with Gasteiger partial charge in [0.05, 0.1) is 51.6 Å². The first kappa shape index (κ1) is 57.9. The average molecular weight is 1100 g/mol. The third kappa shape index (κ3) is 16.0. The lowest BCUT2D eigenvalue weighted by molar-refractivity contribution is -0.143. The normalized spacial score (nSPS) is 15.2. The Morgan fingerprint density at radius 2 is 1.10 bits per heavy atom. The molecule has 6 heterocycles. The minimum atomic E-state index is -0.819. The molecule has 3 aliphatic rings. The molecule has 3 N–H and O–H groups in total. The average Bonchev–Trinajstić information content (AvgIpc) is 4.34. The lowest BCUT2D eigenvalue weighted by atomic mass is 9.99. The van der Waals surface area contributed by atoms with E-state index in [1.165, 1.54) is 12.8 Å². The van der Waals surface area contributed by atoms with Gasteiger partial charge in [-0.2, -0.15) is 15.8 Å². The number of hydrogen-bond acceptors (Lipinski definition) is 16. The maximum atomic E-state index is 12.7. The molecular formula is C65H58N8O9. The van der Waals surface area contributed by atoms with Crippen molar-refractivity contribution in [1.29, 1.82) is 15.8 Å². The molecule has 9 aromatic rings. The molecule has 17 nitrogen and oxygen atoms in total. The Hall–Kier alpha value is -10.3. The van der Waals surface area contributed by atoms with E-state index in [9.17, 15) is 24.8 Å². The van der Waals surface area contributed by atoms with Gasteiger partial charge in [-0.05, 0) is 85.1 Å². The van der Waals surface area contributed by atoms with Gasteiger partial charge in [-0.25, -0.2) is 19.7 Å². The van der Waals surface area contributed by atoms with E-state index in [1.807, 2.05) is 103 Å². The number of carbonyl (C=O) groups is 3. The fourth-order valence-corrected chi connectivity index (χ4v) is 8.76. The van der Waals surface area contributed by atoms with E-state index in [0.29, 0.717) is 77.3 Å². The van der Waals surface area contributed by atoms with Gasteiger partial charge in [-0.15, -0.1) is 0 Å². The maximum Gasteiger partial charge on any atom is 0.347 e. The molecule has 0 aliphatic carbocycles. The van der Waals surface area contributed by atoms with Crippen molar-refractivity contribution < 1.29 is 43.2 Å². The lowest BCUT2D eigenvalue weighted by Gasteiger charge is -2.18. The lowest BCUT2D eigenvalue weighted by Crippen LogP contribution is -2.32. The number of esters is 1. The maximum absolute atomic E-state index is 12.7. The zero-order valence-corrected chi connectivity index (χ0v) is 44.8. The van der Waals surface area contributed by atoms with Gasteiger partial charge in [0.25, 0.3) is 5.91 Å². The monoisotopic (exact) mass is 1090 g/mol. The quantitative estimate of drug-likeness (QED) is 0.0852. The number of anilines is 2. The fraction of sp³-hybridized carbons (Fsp3) is 0.215. The van der Waals surface area contributed by atoms with Crippen molar-refractivity contribution in [2.75, 3.05) is 43.6 Å². The second-order valence-electron chi connectivity index (χ2n) is 18.7. The Kier molecular flexibility index (Phi) is 20.9. The van der Waals surface area contributed by atoms with E-state index in [1.54, 1.807) is 89.8 Å². The number of nitrogen functional groups attached to an aromatic ring is 1. The second kappa shape index (κ2) is 29.6. The van der Waals surface area contributed by atoms with E-state index in [2.05, 4.69) is 27.1 Å². The first-order valence-corrected chi connectivity index (χ1v) is 26.6. The van der Waals surface area contributed by atoms with Gasteiger partial charge < -0.3 is 39.4 Å². The number of hydrogen-bond donors (Lipinski definition) is 2. The first-order chi connectivity index (χ1) is 40.1. The SMILES string of the molecule is C1CCOC1.N#Cc1ccccc1CC(=O)C(CCO)Oc1ccc2ccccc2n1.N#Cc1ccccc1N.N#Cc1ccccc1N1CCC(Oc2ccc3ccccc3n2)C1=O.O=C1OCCC1Oc1ccc2ccccc2n1. The minimum absolute atomic E-state index is 0.0714. The van der Waals surface area contributed by atoms with Crippen molar-refractivity contribution in [2.24, 2.45) is 0 Å². The number of rotatable bonds is 12. The number of para-hydroxylation sites is 5. The minimum Gasteiger partial charge on any atom is -0.466 e. The van der Waals surface area contributed by atoms with E-state index in [4.69, 9.17) is 39.9 Å². The van der Waals surface area contributed by atoms with E-state index < -0.39 is 18.3 Å². The van der Waals surface area contributed by atoms with E-state index in [0.717, 1.165) is 45.9 Å². The number of nitrogens with two attached hydrogens (primary N) is 1. The van der Waals surface area contributed by atoms with Crippen molar-refractivity contribution in [3.63, 3.8) is 0 Å². The van der Waals surface area contributed by atoms with Gasteiger partial charge in [0.15, 0.2) is 18.0 Å². The molecule has 3 atom stereocenters. The standard InChI is InChI=1S/C21H18N2O3.C20H15N3O2.C13H11NO3.C7H6N2.C4H8O/c22-14-17-7-2-1-6-16(17)13-19(25)20(11-12-24)26-21-10-9-15-5-3-4-8-18(15)23-21;21-13-15-6-2-4-8-17(15)23-12-11-18(20(23)24)25-19-10-9-14-5-1-3-7-16(14)22-19;15-13-11(7-8-16-13)17-12-6-5-9-3-1-2-4-10(9)14-12;8-5-6-3-1-2-4-7(6)9;1-2-4-5-3-1/h1-10,20,24H,11-13H2;1-10,18H,11-12H2;1-6,11H,7-8H2;1-4H,9H2;1-4H2. The molecule has 0 radical (unpaired) electrons. The van der Waals surface area contributed by atoms with Gasteiger partial charge in [0, 0.05) is 92.1 Å².